The lowest BCUT2D eigenvalue weighted by atomic mass is 9.97. The van der Waals surface area contributed by atoms with Crippen LogP contribution in [0.4, 0.5) is 0 Å². The number of benzene rings is 10. The van der Waals surface area contributed by atoms with Crippen molar-refractivity contribution in [1.29, 1.82) is 0 Å². The SMILES string of the molecule is Cc1cc(C)c(-c2cc3ccccc3n2-c2ccc3sc4ccc(-n5c6ccc(-n7c8ccccc8c8ccccc87)cc6c6cc(-n7c8ccccc8c8ccccc87)ccc65)cc4c3c2)c(C)c1. The Bertz CT molecular complexity index is 4400. The summed E-state index contributed by atoms with van der Waals surface area (Å²) < 4.78 is 12.4. The predicted molar refractivity (Wildman–Crippen MR) is 299 cm³/mol. The summed E-state index contributed by atoms with van der Waals surface area (Å²) >= 11 is 1.87. The van der Waals surface area contributed by atoms with Gasteiger partial charge in [0.15, 0.2) is 0 Å². The Labute approximate surface area is 407 Å². The van der Waals surface area contributed by atoms with E-state index in [1.807, 2.05) is 11.3 Å². The largest absolute Gasteiger partial charge is 0.309 e. The molecule has 330 valence electrons. The predicted octanol–water partition coefficient (Wildman–Crippen LogP) is 17.9. The van der Waals surface area contributed by atoms with Crippen LogP contribution >= 0.6 is 11.3 Å². The van der Waals surface area contributed by atoms with Gasteiger partial charge in [-0.2, -0.15) is 0 Å². The van der Waals surface area contributed by atoms with E-state index in [-0.39, 0.29) is 0 Å². The average molecular weight is 913 g/mol. The molecule has 5 aromatic heterocycles. The molecular formula is C65H44N4S. The molecule has 0 amide bonds. The Morgan fingerprint density at radius 3 is 1.10 bits per heavy atom. The molecule has 0 N–H and O–H groups in total. The van der Waals surface area contributed by atoms with Crippen LogP contribution in [0.15, 0.2) is 212 Å². The van der Waals surface area contributed by atoms with Crippen molar-refractivity contribution in [2.75, 3.05) is 0 Å². The van der Waals surface area contributed by atoms with Crippen molar-refractivity contribution < 1.29 is 0 Å². The first-order chi connectivity index (χ1) is 34.4. The van der Waals surface area contributed by atoms with Crippen LogP contribution in [-0.2, 0) is 0 Å². The Balaban J connectivity index is 0.970. The Kier molecular flexibility index (Phi) is 8.26. The van der Waals surface area contributed by atoms with Gasteiger partial charge in [0.1, 0.15) is 0 Å². The molecule has 0 unspecified atom stereocenters. The van der Waals surface area contributed by atoms with Crippen molar-refractivity contribution in [2.24, 2.45) is 0 Å². The summed E-state index contributed by atoms with van der Waals surface area (Å²) in [7, 11) is 0. The van der Waals surface area contributed by atoms with E-state index in [1.54, 1.807) is 0 Å². The highest BCUT2D eigenvalue weighted by molar-refractivity contribution is 7.25. The van der Waals surface area contributed by atoms with Gasteiger partial charge in [0.2, 0.25) is 0 Å². The third kappa shape index (κ3) is 5.58. The van der Waals surface area contributed by atoms with Gasteiger partial charge in [0, 0.05) is 86.2 Å². The molecule has 0 radical (unpaired) electrons. The molecule has 0 spiro atoms. The molecule has 0 aliphatic carbocycles. The second kappa shape index (κ2) is 14.7. The summed E-state index contributed by atoms with van der Waals surface area (Å²) in [6.45, 7) is 6.69. The molecule has 15 aromatic rings. The fourth-order valence-electron chi connectivity index (χ4n) is 12.2. The molecule has 4 nitrogen and oxygen atoms in total. The van der Waals surface area contributed by atoms with E-state index < -0.39 is 0 Å². The lowest BCUT2D eigenvalue weighted by molar-refractivity contribution is 1.13. The van der Waals surface area contributed by atoms with Gasteiger partial charge in [-0.05, 0) is 141 Å². The fourth-order valence-corrected chi connectivity index (χ4v) is 13.3. The van der Waals surface area contributed by atoms with E-state index in [0.717, 1.165) is 17.1 Å². The number of hydrogen-bond donors (Lipinski definition) is 0. The van der Waals surface area contributed by atoms with E-state index in [4.69, 9.17) is 0 Å². The summed E-state index contributed by atoms with van der Waals surface area (Å²) in [6, 6.07) is 79.3. The molecule has 5 heterocycles. The van der Waals surface area contributed by atoms with Crippen LogP contribution in [0, 0.1) is 20.8 Å². The lowest BCUT2D eigenvalue weighted by Gasteiger charge is -2.16. The average Bonchev–Trinajstić information content (AvgIpc) is 4.19. The molecular weight excluding hydrogens is 869 g/mol. The normalized spacial score (nSPS) is 12.2. The Morgan fingerprint density at radius 1 is 0.286 bits per heavy atom. The van der Waals surface area contributed by atoms with Crippen molar-refractivity contribution in [2.45, 2.75) is 20.8 Å². The molecule has 0 atom stereocenters. The van der Waals surface area contributed by atoms with Gasteiger partial charge in [-0.15, -0.1) is 11.3 Å². The van der Waals surface area contributed by atoms with Gasteiger partial charge in [0.25, 0.3) is 0 Å². The smallest absolute Gasteiger partial charge is 0.0546 e. The van der Waals surface area contributed by atoms with Crippen molar-refractivity contribution in [3.05, 3.63) is 229 Å². The number of fused-ring (bicyclic) bond motifs is 13. The monoisotopic (exact) mass is 912 g/mol. The van der Waals surface area contributed by atoms with E-state index >= 15 is 0 Å². The quantitative estimate of drug-likeness (QED) is 0.164. The number of thiophene rings is 1. The molecule has 5 heteroatoms. The third-order valence-corrected chi connectivity index (χ3v) is 16.2. The highest BCUT2D eigenvalue weighted by atomic mass is 32.1. The fraction of sp³-hybridized carbons (Fsp3) is 0.0462. The maximum atomic E-state index is 2.49. The molecule has 0 saturated carbocycles. The summed E-state index contributed by atoms with van der Waals surface area (Å²) in [6.07, 6.45) is 0. The van der Waals surface area contributed by atoms with E-state index in [2.05, 4.69) is 251 Å². The molecule has 0 fully saturated rings. The Morgan fingerprint density at radius 2 is 0.643 bits per heavy atom. The summed E-state index contributed by atoms with van der Waals surface area (Å²) in [5.74, 6) is 0. The molecule has 0 saturated heterocycles. The second-order valence-electron chi connectivity index (χ2n) is 19.1. The van der Waals surface area contributed by atoms with Gasteiger partial charge in [-0.3, -0.25) is 0 Å². The van der Waals surface area contributed by atoms with Gasteiger partial charge in [-0.1, -0.05) is 109 Å². The van der Waals surface area contributed by atoms with Gasteiger partial charge in [0.05, 0.1) is 44.3 Å². The van der Waals surface area contributed by atoms with Gasteiger partial charge in [-0.25, -0.2) is 0 Å². The van der Waals surface area contributed by atoms with Crippen molar-refractivity contribution >= 4 is 108 Å². The number of rotatable bonds is 5. The second-order valence-corrected chi connectivity index (χ2v) is 20.2. The van der Waals surface area contributed by atoms with Gasteiger partial charge >= 0.3 is 0 Å². The molecule has 0 aliphatic heterocycles. The number of aromatic nitrogens is 4. The standard InChI is InChI=1S/C65H44N4S/c1-39-32-40(2)65(41(3)33-39)62-34-42-14-4-9-19-55(42)66(62)45-26-30-63-53(37-45)54-38-46(27-31-64(54)70-63)69-60-28-24-43(67-56-20-10-5-15-47(56)48-16-6-11-21-57(48)67)35-51(60)52-36-44(25-29-61(52)69)68-58-22-12-7-17-49(58)50-18-8-13-23-59(50)68/h4-38H,1-3H3. The maximum absolute atomic E-state index is 2.49. The van der Waals surface area contributed by atoms with E-state index in [0.29, 0.717) is 0 Å². The molecule has 70 heavy (non-hydrogen) atoms. The summed E-state index contributed by atoms with van der Waals surface area (Å²) in [5, 5.41) is 11.2. The van der Waals surface area contributed by atoms with E-state index in [1.165, 1.54) is 130 Å². The lowest BCUT2D eigenvalue weighted by Crippen LogP contribution is -1.99. The number of hydrogen-bond acceptors (Lipinski definition) is 1. The highest BCUT2D eigenvalue weighted by Gasteiger charge is 2.21. The maximum Gasteiger partial charge on any atom is 0.0546 e. The van der Waals surface area contributed by atoms with Crippen LogP contribution in [0.25, 0.3) is 130 Å². The minimum absolute atomic E-state index is 1.14. The molecule has 0 aliphatic rings. The highest BCUT2D eigenvalue weighted by Crippen LogP contribution is 2.43. The van der Waals surface area contributed by atoms with Crippen molar-refractivity contribution in [1.82, 2.24) is 18.3 Å². The first-order valence-electron chi connectivity index (χ1n) is 24.2. The number of nitrogens with zero attached hydrogens (tertiary/aromatic N) is 4. The van der Waals surface area contributed by atoms with Crippen LogP contribution in [0.2, 0.25) is 0 Å². The van der Waals surface area contributed by atoms with Gasteiger partial charge < -0.3 is 18.3 Å². The topological polar surface area (TPSA) is 19.7 Å². The molecule has 0 bridgehead atoms. The van der Waals surface area contributed by atoms with Crippen LogP contribution in [-0.4, -0.2) is 18.3 Å². The van der Waals surface area contributed by atoms with Crippen LogP contribution < -0.4 is 0 Å². The van der Waals surface area contributed by atoms with Crippen molar-refractivity contribution in [3.8, 4) is 34.0 Å². The number of para-hydroxylation sites is 5. The van der Waals surface area contributed by atoms with Crippen molar-refractivity contribution in [3.63, 3.8) is 0 Å². The summed E-state index contributed by atoms with van der Waals surface area (Å²) in [4.78, 5) is 0. The first kappa shape index (κ1) is 39.4. The third-order valence-electron chi connectivity index (χ3n) is 15.0. The zero-order chi connectivity index (χ0) is 46.4. The molecule has 15 rings (SSSR count). The first-order valence-corrected chi connectivity index (χ1v) is 25.0. The Hall–Kier alpha value is -8.64. The number of aryl methyl sites for hydroxylation is 3. The zero-order valence-corrected chi connectivity index (χ0v) is 39.7. The zero-order valence-electron chi connectivity index (χ0n) is 38.9. The summed E-state index contributed by atoms with van der Waals surface area (Å²) in [5.41, 5.74) is 19.4. The van der Waals surface area contributed by atoms with Crippen LogP contribution in [0.5, 0.6) is 0 Å². The van der Waals surface area contributed by atoms with E-state index in [9.17, 15) is 0 Å². The minimum Gasteiger partial charge on any atom is -0.309 e. The van der Waals surface area contributed by atoms with Crippen LogP contribution in [0.3, 0.4) is 0 Å². The minimum atomic E-state index is 1.14. The molecule has 10 aromatic carbocycles. The van der Waals surface area contributed by atoms with Crippen LogP contribution in [0.1, 0.15) is 16.7 Å².